The van der Waals surface area contributed by atoms with Gasteiger partial charge >= 0.3 is 0 Å². The lowest BCUT2D eigenvalue weighted by molar-refractivity contribution is 0.0954. The number of piperazine rings is 1. The molecule has 1 aliphatic carbocycles. The van der Waals surface area contributed by atoms with Gasteiger partial charge in [0.05, 0.1) is 6.04 Å². The largest absolute Gasteiger partial charge is 0.352 e. The fraction of sp³-hybridized carbons (Fsp3) is 0.500. The van der Waals surface area contributed by atoms with Gasteiger partial charge in [-0.15, -0.1) is 0 Å². The lowest BCUT2D eigenvalue weighted by atomic mass is 9.86. The van der Waals surface area contributed by atoms with Gasteiger partial charge < -0.3 is 20.9 Å². The molecular weight excluding hydrogens is 493 g/mol. The van der Waals surface area contributed by atoms with Crippen LogP contribution in [-0.2, 0) is 6.42 Å². The highest BCUT2D eigenvalue weighted by Gasteiger charge is 2.25. The number of benzene rings is 2. The van der Waals surface area contributed by atoms with Crippen LogP contribution in [0.25, 0.3) is 0 Å². The second-order valence-corrected chi connectivity index (χ2v) is 10.9. The molecule has 2 aliphatic rings. The minimum atomic E-state index is -0.104. The fourth-order valence-corrected chi connectivity index (χ4v) is 5.44. The number of hydrogen-bond acceptors (Lipinski definition) is 3. The minimum absolute atomic E-state index is 0.104. The summed E-state index contributed by atoms with van der Waals surface area (Å²) in [5.41, 5.74) is 2.52. The van der Waals surface area contributed by atoms with Crippen LogP contribution in [0.15, 0.2) is 47.5 Å². The molecule has 2 aromatic carbocycles. The van der Waals surface area contributed by atoms with Crippen molar-refractivity contribution in [3.63, 3.8) is 0 Å². The van der Waals surface area contributed by atoms with Crippen LogP contribution in [0.4, 0.5) is 5.69 Å². The van der Waals surface area contributed by atoms with E-state index in [0.29, 0.717) is 46.6 Å². The number of carbonyl (C=O) groups excluding carboxylic acids is 1. The van der Waals surface area contributed by atoms with Gasteiger partial charge in [-0.2, -0.15) is 0 Å². The molecule has 1 saturated carbocycles. The monoisotopic (exact) mass is 529 g/mol. The first-order valence-corrected chi connectivity index (χ1v) is 13.8. The van der Waals surface area contributed by atoms with E-state index in [4.69, 9.17) is 28.2 Å². The molecule has 0 unspecified atom stereocenters. The Bertz CT molecular complexity index is 1060. The number of rotatable bonds is 6. The van der Waals surface area contributed by atoms with Gasteiger partial charge in [0, 0.05) is 53.5 Å². The van der Waals surface area contributed by atoms with Crippen molar-refractivity contribution in [1.82, 2.24) is 15.5 Å². The van der Waals surface area contributed by atoms with Crippen molar-refractivity contribution in [2.45, 2.75) is 58.0 Å². The first-order chi connectivity index (χ1) is 17.4. The van der Waals surface area contributed by atoms with Crippen molar-refractivity contribution in [3.05, 3.63) is 63.6 Å². The van der Waals surface area contributed by atoms with Crippen LogP contribution >= 0.6 is 23.2 Å². The van der Waals surface area contributed by atoms with E-state index >= 15 is 0 Å². The lowest BCUT2D eigenvalue weighted by Gasteiger charge is -2.36. The van der Waals surface area contributed by atoms with Crippen molar-refractivity contribution in [1.29, 1.82) is 0 Å². The highest BCUT2D eigenvalue weighted by molar-refractivity contribution is 6.35. The first kappa shape index (κ1) is 26.8. The number of nitrogens with one attached hydrogen (secondary N) is 3. The van der Waals surface area contributed by atoms with Crippen LogP contribution in [0.2, 0.25) is 10.0 Å². The third-order valence-electron chi connectivity index (χ3n) is 7.12. The fourth-order valence-electron chi connectivity index (χ4n) is 4.93. The number of carbonyl (C=O) groups is 1. The van der Waals surface area contributed by atoms with Gasteiger partial charge in [0.1, 0.15) is 0 Å². The Kier molecular flexibility index (Phi) is 9.52. The van der Waals surface area contributed by atoms with Crippen molar-refractivity contribution in [3.8, 4) is 0 Å². The van der Waals surface area contributed by atoms with Crippen LogP contribution in [-0.4, -0.2) is 55.0 Å². The molecule has 1 amide bonds. The molecule has 1 saturated heterocycles. The maximum absolute atomic E-state index is 12.7. The third kappa shape index (κ3) is 7.37. The summed E-state index contributed by atoms with van der Waals surface area (Å²) in [6.07, 6.45) is 5.58. The third-order valence-corrected chi connectivity index (χ3v) is 7.71. The summed E-state index contributed by atoms with van der Waals surface area (Å²) >= 11 is 12.2. The van der Waals surface area contributed by atoms with E-state index in [0.717, 1.165) is 43.3 Å². The zero-order valence-corrected chi connectivity index (χ0v) is 22.7. The maximum Gasteiger partial charge on any atom is 0.251 e. The van der Waals surface area contributed by atoms with E-state index in [9.17, 15) is 4.79 Å². The van der Waals surface area contributed by atoms with E-state index in [1.54, 1.807) is 6.07 Å². The molecule has 4 rings (SSSR count). The number of anilines is 1. The molecule has 2 fully saturated rings. The highest BCUT2D eigenvalue weighted by Crippen LogP contribution is 2.27. The predicted octanol–water partition coefficient (Wildman–Crippen LogP) is 5.61. The molecule has 0 bridgehead atoms. The Labute approximate surface area is 224 Å². The Morgan fingerprint density at radius 1 is 1.11 bits per heavy atom. The molecule has 8 heteroatoms. The van der Waals surface area contributed by atoms with Gasteiger partial charge in [-0.3, -0.25) is 4.79 Å². The first-order valence-electron chi connectivity index (χ1n) is 13.0. The van der Waals surface area contributed by atoms with Crippen molar-refractivity contribution in [2.24, 2.45) is 10.9 Å². The summed E-state index contributed by atoms with van der Waals surface area (Å²) in [5, 5.41) is 11.3. The molecule has 0 aromatic heterocycles. The van der Waals surface area contributed by atoms with E-state index in [1.165, 1.54) is 19.3 Å². The van der Waals surface area contributed by atoms with Gasteiger partial charge in [-0.05, 0) is 74.1 Å². The zero-order chi connectivity index (χ0) is 25.5. The lowest BCUT2D eigenvalue weighted by Crippen LogP contribution is -2.53. The normalized spacial score (nSPS) is 22.8. The number of guanidine groups is 1. The Balaban J connectivity index is 1.38. The van der Waals surface area contributed by atoms with Crippen LogP contribution < -0.4 is 16.0 Å². The van der Waals surface area contributed by atoms with Crippen LogP contribution in [0.5, 0.6) is 0 Å². The van der Waals surface area contributed by atoms with E-state index in [2.05, 4.69) is 34.7 Å². The molecule has 3 N–H and O–H groups in total. The quantitative estimate of drug-likeness (QED) is 0.336. The van der Waals surface area contributed by atoms with Crippen molar-refractivity contribution < 1.29 is 4.79 Å². The summed E-state index contributed by atoms with van der Waals surface area (Å²) in [5.74, 6) is 1.44. The summed E-state index contributed by atoms with van der Waals surface area (Å²) < 4.78 is 0. The summed E-state index contributed by atoms with van der Waals surface area (Å²) in [6, 6.07) is 13.8. The van der Waals surface area contributed by atoms with Gasteiger partial charge in [-0.25, -0.2) is 4.99 Å². The van der Waals surface area contributed by atoms with Crippen LogP contribution in [0, 0.1) is 5.92 Å². The van der Waals surface area contributed by atoms with Gasteiger partial charge in [0.15, 0.2) is 5.96 Å². The molecule has 1 heterocycles. The number of nitrogens with zero attached hydrogens (tertiary/aromatic N) is 2. The predicted molar refractivity (Wildman–Crippen MR) is 150 cm³/mol. The van der Waals surface area contributed by atoms with E-state index < -0.39 is 0 Å². The van der Waals surface area contributed by atoms with Crippen LogP contribution in [0.1, 0.15) is 55.5 Å². The molecular formula is C28H37Cl2N5O. The van der Waals surface area contributed by atoms with E-state index in [-0.39, 0.29) is 5.91 Å². The summed E-state index contributed by atoms with van der Waals surface area (Å²) in [7, 11) is 0. The van der Waals surface area contributed by atoms with Gasteiger partial charge in [0.2, 0.25) is 0 Å². The summed E-state index contributed by atoms with van der Waals surface area (Å²) in [4.78, 5) is 20.2. The average molecular weight is 531 g/mol. The molecule has 194 valence electrons. The maximum atomic E-state index is 12.7. The molecule has 2 aromatic rings. The average Bonchev–Trinajstić information content (AvgIpc) is 2.86. The summed E-state index contributed by atoms with van der Waals surface area (Å²) in [6.45, 7) is 7.82. The SMILES string of the molecule is C[C@@H]1CN(C(=N[C@H]2CCCC[C@@H]2C)Nc2ccc(C(=O)NCCc3ccc(Cl)cc3Cl)cc2)CCN1. The Morgan fingerprint density at radius 2 is 1.89 bits per heavy atom. The number of aliphatic imine (C=N–C) groups is 1. The Morgan fingerprint density at radius 3 is 2.61 bits per heavy atom. The second-order valence-electron chi connectivity index (χ2n) is 10.0. The number of hydrogen-bond donors (Lipinski definition) is 3. The number of amides is 1. The highest BCUT2D eigenvalue weighted by atomic mass is 35.5. The van der Waals surface area contributed by atoms with Gasteiger partial charge in [0.25, 0.3) is 5.91 Å². The van der Waals surface area contributed by atoms with Gasteiger partial charge in [-0.1, -0.05) is 49.0 Å². The smallest absolute Gasteiger partial charge is 0.251 e. The minimum Gasteiger partial charge on any atom is -0.352 e. The van der Waals surface area contributed by atoms with E-state index in [1.807, 2.05) is 36.4 Å². The molecule has 36 heavy (non-hydrogen) atoms. The zero-order valence-electron chi connectivity index (χ0n) is 21.2. The standard InChI is InChI=1S/C28H37Cl2N5O/c1-19-5-3-4-6-26(19)34-28(35-16-15-31-20(2)18-35)33-24-11-8-22(9-12-24)27(36)32-14-13-21-7-10-23(29)17-25(21)30/h7-12,17,19-20,26,31H,3-6,13-16,18H2,1-2H3,(H,32,36)(H,33,34)/t19-,20+,26-/m0/s1. The molecule has 3 atom stereocenters. The van der Waals surface area contributed by atoms with Crippen molar-refractivity contribution in [2.75, 3.05) is 31.5 Å². The number of halogens is 2. The van der Waals surface area contributed by atoms with Crippen molar-refractivity contribution >= 4 is 40.8 Å². The Hall–Kier alpha value is -2.28. The molecule has 0 radical (unpaired) electrons. The molecule has 0 spiro atoms. The topological polar surface area (TPSA) is 68.8 Å². The van der Waals surface area contributed by atoms with Crippen LogP contribution in [0.3, 0.4) is 0 Å². The molecule has 1 aliphatic heterocycles. The second kappa shape index (κ2) is 12.8. The molecule has 6 nitrogen and oxygen atoms in total.